The van der Waals surface area contributed by atoms with Crippen LogP contribution in [0.2, 0.25) is 0 Å². The van der Waals surface area contributed by atoms with Gasteiger partial charge in [-0.3, -0.25) is 9.59 Å². The zero-order valence-corrected chi connectivity index (χ0v) is 9.28. The first kappa shape index (κ1) is 14.0. The van der Waals surface area contributed by atoms with Crippen LogP contribution in [0.3, 0.4) is 0 Å². The van der Waals surface area contributed by atoms with E-state index in [1.54, 1.807) is 0 Å². The first-order valence-corrected chi connectivity index (χ1v) is 4.76. The monoisotopic (exact) mass is 262 g/mol. The molecule has 1 rings (SSSR count). The van der Waals surface area contributed by atoms with E-state index in [4.69, 9.17) is 0 Å². The Hall–Kier alpha value is -2.05. The lowest BCUT2D eigenvalue weighted by Crippen LogP contribution is -2.18. The molecule has 0 aromatic heterocycles. The predicted molar refractivity (Wildman–Crippen MR) is 54.2 cm³/mol. The minimum absolute atomic E-state index is 0.205. The maximum absolute atomic E-state index is 12.1. The molecule has 0 saturated carbocycles. The maximum Gasteiger partial charge on any atom is 0.573 e. The fraction of sp³-hybridized carbons (Fsp3) is 0.273. The molecule has 0 amide bonds. The maximum atomic E-state index is 12.1. The quantitative estimate of drug-likeness (QED) is 0.616. The number of alkyl halides is 3. The third-order valence-corrected chi connectivity index (χ3v) is 2.01. The average molecular weight is 262 g/mol. The highest BCUT2D eigenvalue weighted by Gasteiger charge is 2.32. The summed E-state index contributed by atoms with van der Waals surface area (Å²) in [5.74, 6) is -1.24. The molecular weight excluding hydrogens is 253 g/mol. The molecule has 4 nitrogen and oxygen atoms in total. The van der Waals surface area contributed by atoms with Gasteiger partial charge in [0.25, 0.3) is 0 Å². The van der Waals surface area contributed by atoms with Gasteiger partial charge in [0.2, 0.25) is 0 Å². The summed E-state index contributed by atoms with van der Waals surface area (Å²) < 4.78 is 44.3. The van der Waals surface area contributed by atoms with Crippen LogP contribution in [0.15, 0.2) is 18.2 Å². The molecule has 0 fully saturated rings. The van der Waals surface area contributed by atoms with Crippen molar-refractivity contribution in [2.24, 2.45) is 0 Å². The van der Waals surface area contributed by atoms with E-state index in [0.717, 1.165) is 19.2 Å². The number of esters is 1. The highest BCUT2D eigenvalue weighted by atomic mass is 19.4. The Balaban J connectivity index is 3.01. The van der Waals surface area contributed by atoms with Crippen molar-refractivity contribution < 1.29 is 32.2 Å². The van der Waals surface area contributed by atoms with Gasteiger partial charge >= 0.3 is 12.3 Å². The van der Waals surface area contributed by atoms with E-state index in [1.807, 2.05) is 0 Å². The fourth-order valence-corrected chi connectivity index (χ4v) is 1.24. The van der Waals surface area contributed by atoms with Gasteiger partial charge in [0.15, 0.2) is 6.29 Å². The Labute approximate surface area is 100 Å². The number of aldehydes is 1. The van der Waals surface area contributed by atoms with Gasteiger partial charge < -0.3 is 9.47 Å². The molecule has 0 aliphatic carbocycles. The van der Waals surface area contributed by atoms with Gasteiger partial charge in [-0.15, -0.1) is 13.2 Å². The zero-order chi connectivity index (χ0) is 13.8. The highest BCUT2D eigenvalue weighted by Crippen LogP contribution is 2.26. The van der Waals surface area contributed by atoms with E-state index in [-0.39, 0.29) is 23.8 Å². The molecular formula is C11H9F3O4. The Morgan fingerprint density at radius 3 is 2.56 bits per heavy atom. The second-order valence-electron chi connectivity index (χ2n) is 3.29. The van der Waals surface area contributed by atoms with Crippen LogP contribution < -0.4 is 4.74 Å². The molecule has 0 aliphatic heterocycles. The van der Waals surface area contributed by atoms with Crippen LogP contribution in [-0.2, 0) is 16.0 Å². The molecule has 7 heteroatoms. The zero-order valence-electron chi connectivity index (χ0n) is 9.28. The number of hydrogen-bond acceptors (Lipinski definition) is 4. The molecule has 0 atom stereocenters. The number of carbonyl (C=O) groups is 2. The van der Waals surface area contributed by atoms with Crippen molar-refractivity contribution in [1.82, 2.24) is 0 Å². The lowest BCUT2D eigenvalue weighted by Gasteiger charge is -2.11. The Bertz CT molecular complexity index is 454. The summed E-state index contributed by atoms with van der Waals surface area (Å²) in [5, 5.41) is 0. The van der Waals surface area contributed by atoms with Gasteiger partial charge in [0.05, 0.1) is 19.1 Å². The normalized spacial score (nSPS) is 10.9. The molecule has 0 spiro atoms. The number of benzene rings is 1. The van der Waals surface area contributed by atoms with Gasteiger partial charge in [-0.25, -0.2) is 0 Å². The van der Waals surface area contributed by atoms with Crippen LogP contribution in [0.25, 0.3) is 0 Å². The van der Waals surface area contributed by atoms with Crippen LogP contribution >= 0.6 is 0 Å². The van der Waals surface area contributed by atoms with Crippen molar-refractivity contribution in [1.29, 1.82) is 0 Å². The number of halogens is 3. The van der Waals surface area contributed by atoms with Crippen LogP contribution in [-0.4, -0.2) is 25.7 Å². The number of hydrogen-bond donors (Lipinski definition) is 0. The Morgan fingerprint density at radius 1 is 1.39 bits per heavy atom. The third kappa shape index (κ3) is 4.08. The lowest BCUT2D eigenvalue weighted by atomic mass is 10.1. The summed E-state index contributed by atoms with van der Waals surface area (Å²) in [6.45, 7) is 0. The Kier molecular flexibility index (Phi) is 4.30. The molecule has 1 aromatic rings. The third-order valence-electron chi connectivity index (χ3n) is 2.01. The van der Waals surface area contributed by atoms with E-state index < -0.39 is 18.1 Å². The van der Waals surface area contributed by atoms with E-state index in [1.165, 1.54) is 6.07 Å². The summed E-state index contributed by atoms with van der Waals surface area (Å²) in [7, 11) is 1.16. The first-order valence-electron chi connectivity index (χ1n) is 4.76. The number of carbonyl (C=O) groups excluding carboxylic acids is 2. The first-order chi connectivity index (χ1) is 8.35. The van der Waals surface area contributed by atoms with Crippen LogP contribution in [0, 0.1) is 0 Å². The molecule has 0 aliphatic rings. The second kappa shape index (κ2) is 5.52. The summed E-state index contributed by atoms with van der Waals surface area (Å²) in [4.78, 5) is 21.5. The van der Waals surface area contributed by atoms with E-state index in [9.17, 15) is 22.8 Å². The van der Waals surface area contributed by atoms with E-state index in [0.29, 0.717) is 0 Å². The number of ether oxygens (including phenoxy) is 2. The summed E-state index contributed by atoms with van der Waals surface area (Å²) >= 11 is 0. The highest BCUT2D eigenvalue weighted by molar-refractivity contribution is 5.80. The minimum Gasteiger partial charge on any atom is -0.469 e. The summed E-state index contributed by atoms with van der Waals surface area (Å²) in [5.41, 5.74) is 0.00707. The largest absolute Gasteiger partial charge is 0.573 e. The van der Waals surface area contributed by atoms with E-state index >= 15 is 0 Å². The van der Waals surface area contributed by atoms with Gasteiger partial charge in [-0.05, 0) is 17.7 Å². The molecule has 0 bridgehead atoms. The molecule has 0 saturated heterocycles. The molecule has 98 valence electrons. The molecule has 18 heavy (non-hydrogen) atoms. The SMILES string of the molecule is COC(=O)Cc1ccc(C=O)c(OC(F)(F)F)c1. The van der Waals surface area contributed by atoms with Crippen molar-refractivity contribution >= 4 is 12.3 Å². The van der Waals surface area contributed by atoms with Gasteiger partial charge in [-0.1, -0.05) is 6.07 Å². The van der Waals surface area contributed by atoms with Crippen molar-refractivity contribution in [3.05, 3.63) is 29.3 Å². The number of methoxy groups -OCH3 is 1. The topological polar surface area (TPSA) is 52.6 Å². The van der Waals surface area contributed by atoms with Crippen molar-refractivity contribution in [2.45, 2.75) is 12.8 Å². The fourth-order valence-electron chi connectivity index (χ4n) is 1.24. The van der Waals surface area contributed by atoms with E-state index in [2.05, 4.69) is 9.47 Å². The molecule has 0 heterocycles. The van der Waals surface area contributed by atoms with Gasteiger partial charge in [0.1, 0.15) is 5.75 Å². The lowest BCUT2D eigenvalue weighted by molar-refractivity contribution is -0.274. The van der Waals surface area contributed by atoms with Gasteiger partial charge in [-0.2, -0.15) is 0 Å². The minimum atomic E-state index is -4.90. The summed E-state index contributed by atoms with van der Waals surface area (Å²) in [6, 6.07) is 3.48. The molecule has 0 unspecified atom stereocenters. The molecule has 1 aromatic carbocycles. The van der Waals surface area contributed by atoms with Crippen molar-refractivity contribution in [3.63, 3.8) is 0 Å². The van der Waals surface area contributed by atoms with Crippen molar-refractivity contribution in [3.8, 4) is 5.75 Å². The average Bonchev–Trinajstić information content (AvgIpc) is 2.27. The summed E-state index contributed by atoms with van der Waals surface area (Å²) in [6.07, 6.45) is -4.87. The molecule has 0 radical (unpaired) electrons. The Morgan fingerprint density at radius 2 is 2.06 bits per heavy atom. The van der Waals surface area contributed by atoms with Crippen LogP contribution in [0.5, 0.6) is 5.75 Å². The molecule has 0 N–H and O–H groups in total. The number of rotatable bonds is 4. The van der Waals surface area contributed by atoms with Crippen LogP contribution in [0.1, 0.15) is 15.9 Å². The predicted octanol–water partition coefficient (Wildman–Crippen LogP) is 2.11. The second-order valence-corrected chi connectivity index (χ2v) is 3.29. The van der Waals surface area contributed by atoms with Gasteiger partial charge in [0, 0.05) is 0 Å². The smallest absolute Gasteiger partial charge is 0.469 e. The van der Waals surface area contributed by atoms with Crippen LogP contribution in [0.4, 0.5) is 13.2 Å². The standard InChI is InChI=1S/C11H9F3O4/c1-17-10(16)5-7-2-3-8(6-15)9(4-7)18-11(12,13)14/h2-4,6H,5H2,1H3. The van der Waals surface area contributed by atoms with Crippen molar-refractivity contribution in [2.75, 3.05) is 7.11 Å².